The van der Waals surface area contributed by atoms with Crippen LogP contribution < -0.4 is 10.1 Å². The van der Waals surface area contributed by atoms with Crippen molar-refractivity contribution in [3.63, 3.8) is 0 Å². The van der Waals surface area contributed by atoms with Gasteiger partial charge in [0.05, 0.1) is 17.3 Å². The topological polar surface area (TPSA) is 57.9 Å². The maximum Gasteiger partial charge on any atom is 0.213 e. The Labute approximate surface area is 140 Å². The highest BCUT2D eigenvalue weighted by atomic mass is 19.1. The molecule has 1 N–H and O–H groups in total. The molecule has 1 saturated heterocycles. The Morgan fingerprint density at radius 3 is 3.08 bits per heavy atom. The normalized spacial score (nSPS) is 24.8. The summed E-state index contributed by atoms with van der Waals surface area (Å²) in [6.45, 7) is 2.19. The van der Waals surface area contributed by atoms with Crippen LogP contribution in [-0.2, 0) is 12.0 Å². The second kappa shape index (κ2) is 5.88. The Bertz CT molecular complexity index is 816. The summed E-state index contributed by atoms with van der Waals surface area (Å²) in [5, 5.41) is 12.2. The summed E-state index contributed by atoms with van der Waals surface area (Å²) in [7, 11) is 0. The van der Waals surface area contributed by atoms with Gasteiger partial charge in [-0.1, -0.05) is 12.1 Å². The summed E-state index contributed by atoms with van der Waals surface area (Å²) in [6.07, 6.45) is 2.29. The zero-order valence-corrected chi connectivity index (χ0v) is 13.3. The van der Waals surface area contributed by atoms with Crippen molar-refractivity contribution >= 4 is 0 Å². The third-order valence-corrected chi connectivity index (χ3v) is 5.16. The molecule has 5 heteroatoms. The fourth-order valence-electron chi connectivity index (χ4n) is 3.64. The number of halogens is 1. The van der Waals surface area contributed by atoms with Crippen LogP contribution in [0.15, 0.2) is 36.4 Å². The third kappa shape index (κ3) is 2.63. The molecule has 2 aromatic rings. The van der Waals surface area contributed by atoms with E-state index in [1.165, 1.54) is 12.5 Å². The van der Waals surface area contributed by atoms with Crippen LogP contribution in [-0.4, -0.2) is 18.1 Å². The molecule has 1 aliphatic heterocycles. The van der Waals surface area contributed by atoms with Crippen molar-refractivity contribution in [3.8, 4) is 11.9 Å². The summed E-state index contributed by atoms with van der Waals surface area (Å²) < 4.78 is 19.6. The number of pyridine rings is 1. The summed E-state index contributed by atoms with van der Waals surface area (Å²) in [5.41, 5.74) is 2.03. The summed E-state index contributed by atoms with van der Waals surface area (Å²) in [5.74, 6) is 0.768. The van der Waals surface area contributed by atoms with Gasteiger partial charge in [-0.3, -0.25) is 0 Å². The molecule has 1 aromatic heterocycles. The van der Waals surface area contributed by atoms with Crippen LogP contribution in [0.2, 0.25) is 0 Å². The minimum absolute atomic E-state index is 0.103. The van der Waals surface area contributed by atoms with Gasteiger partial charge in [0.25, 0.3) is 0 Å². The van der Waals surface area contributed by atoms with E-state index in [-0.39, 0.29) is 12.0 Å². The number of hydrogen-bond donors (Lipinski definition) is 1. The monoisotopic (exact) mass is 323 g/mol. The Morgan fingerprint density at radius 2 is 2.29 bits per heavy atom. The standard InChI is InChI=1S/C19H18FN3O/c20-16-8-13(10-21)4-5-14(16)12-24-18-3-1-2-17(23-18)19-6-7-22-11-15(19)9-19/h1-5,8,15,22H,6-7,9,11-12H2. The number of rotatable bonds is 4. The van der Waals surface area contributed by atoms with E-state index in [9.17, 15) is 4.39 Å². The van der Waals surface area contributed by atoms with Gasteiger partial charge in [-0.2, -0.15) is 5.26 Å². The maximum absolute atomic E-state index is 13.9. The van der Waals surface area contributed by atoms with Crippen LogP contribution in [0.1, 0.15) is 29.7 Å². The molecule has 4 nitrogen and oxygen atoms in total. The molecule has 2 unspecified atom stereocenters. The second-order valence-corrected chi connectivity index (χ2v) is 6.58. The average molecular weight is 323 g/mol. The smallest absolute Gasteiger partial charge is 0.213 e. The number of benzene rings is 1. The lowest BCUT2D eigenvalue weighted by molar-refractivity contribution is 0.285. The highest BCUT2D eigenvalue weighted by Crippen LogP contribution is 2.57. The van der Waals surface area contributed by atoms with E-state index in [4.69, 9.17) is 10.00 Å². The lowest BCUT2D eigenvalue weighted by Gasteiger charge is -2.22. The fraction of sp³-hybridized carbons (Fsp3) is 0.368. The van der Waals surface area contributed by atoms with Gasteiger partial charge in [-0.25, -0.2) is 9.37 Å². The van der Waals surface area contributed by atoms with Crippen molar-refractivity contribution in [2.75, 3.05) is 13.1 Å². The van der Waals surface area contributed by atoms with Crippen LogP contribution in [0.5, 0.6) is 5.88 Å². The number of nitrogens with one attached hydrogen (secondary N) is 1. The van der Waals surface area contributed by atoms with Gasteiger partial charge in [-0.15, -0.1) is 0 Å². The van der Waals surface area contributed by atoms with E-state index >= 15 is 0 Å². The molecule has 1 aliphatic carbocycles. The van der Waals surface area contributed by atoms with Crippen molar-refractivity contribution in [1.82, 2.24) is 10.3 Å². The Morgan fingerprint density at radius 1 is 1.38 bits per heavy atom. The first-order valence-electron chi connectivity index (χ1n) is 8.21. The van der Waals surface area contributed by atoms with E-state index in [2.05, 4.69) is 16.4 Å². The highest BCUT2D eigenvalue weighted by molar-refractivity contribution is 5.34. The predicted octanol–water partition coefficient (Wildman–Crippen LogP) is 2.92. The van der Waals surface area contributed by atoms with E-state index in [1.807, 2.05) is 12.1 Å². The minimum atomic E-state index is -0.426. The molecule has 0 radical (unpaired) electrons. The molecule has 0 bridgehead atoms. The SMILES string of the molecule is N#Cc1ccc(COc2cccc(C34CCNCC3C4)n2)c(F)c1. The lowest BCUT2D eigenvalue weighted by Crippen LogP contribution is -2.31. The quantitative estimate of drug-likeness (QED) is 0.940. The molecule has 1 aromatic carbocycles. The molecule has 122 valence electrons. The number of piperidine rings is 1. The lowest BCUT2D eigenvalue weighted by atomic mass is 9.92. The summed E-state index contributed by atoms with van der Waals surface area (Å²) in [6, 6.07) is 12.2. The highest BCUT2D eigenvalue weighted by Gasteiger charge is 2.57. The van der Waals surface area contributed by atoms with Gasteiger partial charge in [0, 0.05) is 17.0 Å². The van der Waals surface area contributed by atoms with Crippen LogP contribution in [0.4, 0.5) is 4.39 Å². The molecule has 2 aliphatic rings. The molecular weight excluding hydrogens is 305 g/mol. The van der Waals surface area contributed by atoms with Crippen LogP contribution in [0.25, 0.3) is 0 Å². The summed E-state index contributed by atoms with van der Waals surface area (Å²) in [4.78, 5) is 4.66. The van der Waals surface area contributed by atoms with E-state index in [0.29, 0.717) is 22.9 Å². The van der Waals surface area contributed by atoms with Gasteiger partial charge in [0.15, 0.2) is 0 Å². The zero-order chi connectivity index (χ0) is 16.6. The Balaban J connectivity index is 1.48. The average Bonchev–Trinajstić information content (AvgIpc) is 3.37. The number of hydrogen-bond acceptors (Lipinski definition) is 4. The Kier molecular flexibility index (Phi) is 3.70. The number of fused-ring (bicyclic) bond motifs is 1. The van der Waals surface area contributed by atoms with E-state index in [1.54, 1.807) is 18.2 Å². The molecule has 0 amide bonds. The van der Waals surface area contributed by atoms with Crippen LogP contribution in [0, 0.1) is 23.1 Å². The molecule has 2 fully saturated rings. The molecule has 24 heavy (non-hydrogen) atoms. The van der Waals surface area contributed by atoms with Gasteiger partial charge < -0.3 is 10.1 Å². The van der Waals surface area contributed by atoms with Crippen molar-refractivity contribution in [1.29, 1.82) is 5.26 Å². The molecule has 1 saturated carbocycles. The van der Waals surface area contributed by atoms with Gasteiger partial charge in [0.2, 0.25) is 5.88 Å². The molecule has 2 heterocycles. The number of ether oxygens (including phenoxy) is 1. The van der Waals surface area contributed by atoms with Crippen LogP contribution in [0.3, 0.4) is 0 Å². The van der Waals surface area contributed by atoms with Crippen LogP contribution >= 0.6 is 0 Å². The second-order valence-electron chi connectivity index (χ2n) is 6.58. The van der Waals surface area contributed by atoms with E-state index in [0.717, 1.165) is 25.2 Å². The zero-order valence-electron chi connectivity index (χ0n) is 13.3. The first-order chi connectivity index (χ1) is 11.7. The van der Waals surface area contributed by atoms with E-state index < -0.39 is 5.82 Å². The van der Waals surface area contributed by atoms with Crippen molar-refractivity contribution < 1.29 is 9.13 Å². The van der Waals surface area contributed by atoms with Gasteiger partial charge in [-0.05, 0) is 50.0 Å². The summed E-state index contributed by atoms with van der Waals surface area (Å²) >= 11 is 0. The third-order valence-electron chi connectivity index (χ3n) is 5.16. The number of aromatic nitrogens is 1. The number of nitrogens with zero attached hydrogens (tertiary/aromatic N) is 2. The Hall–Kier alpha value is -2.45. The predicted molar refractivity (Wildman–Crippen MR) is 87.0 cm³/mol. The largest absolute Gasteiger partial charge is 0.473 e. The van der Waals surface area contributed by atoms with Crippen molar-refractivity contribution in [2.45, 2.75) is 24.9 Å². The van der Waals surface area contributed by atoms with Gasteiger partial charge >= 0.3 is 0 Å². The van der Waals surface area contributed by atoms with Gasteiger partial charge in [0.1, 0.15) is 12.4 Å². The number of nitriles is 1. The molecule has 0 spiro atoms. The maximum atomic E-state index is 13.9. The first-order valence-corrected chi connectivity index (χ1v) is 8.21. The van der Waals surface area contributed by atoms with Crippen molar-refractivity contribution in [2.24, 2.45) is 5.92 Å². The minimum Gasteiger partial charge on any atom is -0.473 e. The first kappa shape index (κ1) is 15.1. The molecule has 2 atom stereocenters. The molecular formula is C19H18FN3O. The molecule has 4 rings (SSSR count). The van der Waals surface area contributed by atoms with Crippen molar-refractivity contribution in [3.05, 3.63) is 59.0 Å². The fourth-order valence-corrected chi connectivity index (χ4v) is 3.64.